The van der Waals surface area contributed by atoms with Crippen LogP contribution in [0.5, 0.6) is 0 Å². The second-order valence-electron chi connectivity index (χ2n) is 3.13. The summed E-state index contributed by atoms with van der Waals surface area (Å²) in [6, 6.07) is 2.78. The summed E-state index contributed by atoms with van der Waals surface area (Å²) in [5.41, 5.74) is -0.0140. The zero-order valence-electron chi connectivity index (χ0n) is 7.41. The first-order chi connectivity index (χ1) is 6.06. The first-order valence-electron chi connectivity index (χ1n) is 3.77. The third-order valence-corrected chi connectivity index (χ3v) is 1.76. The van der Waals surface area contributed by atoms with Crippen LogP contribution in [0.1, 0.15) is 19.4 Å². The molecule has 0 atom stereocenters. The molecule has 4 heteroatoms. The van der Waals surface area contributed by atoms with Crippen molar-refractivity contribution in [3.05, 3.63) is 29.8 Å². The van der Waals surface area contributed by atoms with Gasteiger partial charge in [0.15, 0.2) is 0 Å². The van der Waals surface area contributed by atoms with Crippen LogP contribution in [0.15, 0.2) is 23.3 Å². The molecule has 3 nitrogen and oxygen atoms in total. The molecule has 1 heterocycles. The highest BCUT2D eigenvalue weighted by atomic mass is 19.1. The molecule has 0 unspecified atom stereocenters. The fraction of sp³-hybridized carbons (Fsp3) is 0.333. The lowest BCUT2D eigenvalue weighted by atomic mass is 9.97. The first kappa shape index (κ1) is 9.55. The zero-order chi connectivity index (χ0) is 9.90. The summed E-state index contributed by atoms with van der Waals surface area (Å²) in [5.74, 6) is -0.547. The van der Waals surface area contributed by atoms with Gasteiger partial charge in [-0.05, 0) is 25.5 Å². The van der Waals surface area contributed by atoms with Crippen molar-refractivity contribution in [3.8, 4) is 0 Å². The average Bonchev–Trinajstić information content (AvgIpc) is 2.05. The topological polar surface area (TPSA) is 42.3 Å². The fourth-order valence-electron chi connectivity index (χ4n) is 0.916. The number of isocyanates is 1. The molecule has 0 amide bonds. The van der Waals surface area contributed by atoms with Crippen molar-refractivity contribution < 1.29 is 9.18 Å². The minimum absolute atomic E-state index is 0.547. The van der Waals surface area contributed by atoms with Crippen LogP contribution in [-0.2, 0) is 10.3 Å². The van der Waals surface area contributed by atoms with E-state index < -0.39 is 11.5 Å². The lowest BCUT2D eigenvalue weighted by Gasteiger charge is -2.16. The molecule has 0 saturated carbocycles. The van der Waals surface area contributed by atoms with Crippen molar-refractivity contribution in [3.63, 3.8) is 0 Å². The Kier molecular flexibility index (Phi) is 2.54. The van der Waals surface area contributed by atoms with Gasteiger partial charge in [0.1, 0.15) is 0 Å². The Hall–Kier alpha value is -1.54. The maximum atomic E-state index is 12.4. The highest BCUT2D eigenvalue weighted by molar-refractivity contribution is 5.36. The van der Waals surface area contributed by atoms with Crippen molar-refractivity contribution in [2.75, 3.05) is 0 Å². The van der Waals surface area contributed by atoms with Gasteiger partial charge in [0.2, 0.25) is 12.0 Å². The molecule has 1 rings (SSSR count). The second kappa shape index (κ2) is 3.46. The maximum Gasteiger partial charge on any atom is 0.235 e. The molecule has 0 aliphatic rings. The van der Waals surface area contributed by atoms with Gasteiger partial charge in [-0.15, -0.1) is 0 Å². The number of carbonyl (C=O) groups excluding carboxylic acids is 1. The molecule has 0 radical (unpaired) electrons. The van der Waals surface area contributed by atoms with E-state index in [2.05, 4.69) is 9.98 Å². The highest BCUT2D eigenvalue weighted by Gasteiger charge is 2.19. The number of aliphatic imine (C=N–C) groups is 1. The van der Waals surface area contributed by atoms with Crippen LogP contribution in [-0.4, -0.2) is 11.1 Å². The van der Waals surface area contributed by atoms with E-state index in [1.54, 1.807) is 19.9 Å². The SMILES string of the molecule is CC(C)(N=C=O)c1ccc(F)nc1. The molecular weight excluding hydrogens is 171 g/mol. The molecule has 0 aliphatic carbocycles. The Morgan fingerprint density at radius 3 is 2.69 bits per heavy atom. The molecule has 13 heavy (non-hydrogen) atoms. The largest absolute Gasteiger partial charge is 0.235 e. The Balaban J connectivity index is 3.07. The van der Waals surface area contributed by atoms with Crippen molar-refractivity contribution in [2.45, 2.75) is 19.4 Å². The standard InChI is InChI=1S/C9H9FN2O/c1-9(2,12-6-13)7-3-4-8(10)11-5-7/h3-5H,1-2H3. The molecule has 0 saturated heterocycles. The summed E-state index contributed by atoms with van der Waals surface area (Å²) in [6.45, 7) is 3.46. The number of nitrogens with zero attached hydrogens (tertiary/aromatic N) is 2. The van der Waals surface area contributed by atoms with E-state index >= 15 is 0 Å². The van der Waals surface area contributed by atoms with Crippen LogP contribution in [0.4, 0.5) is 4.39 Å². The van der Waals surface area contributed by atoms with Gasteiger partial charge in [-0.3, -0.25) is 0 Å². The van der Waals surface area contributed by atoms with Crippen molar-refractivity contribution in [1.82, 2.24) is 4.98 Å². The second-order valence-corrected chi connectivity index (χ2v) is 3.13. The van der Waals surface area contributed by atoms with Crippen LogP contribution in [0.3, 0.4) is 0 Å². The Labute approximate surface area is 75.3 Å². The lowest BCUT2D eigenvalue weighted by molar-refractivity contribution is 0.517. The van der Waals surface area contributed by atoms with Crippen LogP contribution in [0.2, 0.25) is 0 Å². The molecule has 0 N–H and O–H groups in total. The third kappa shape index (κ3) is 2.20. The molecule has 0 spiro atoms. The summed E-state index contributed by atoms with van der Waals surface area (Å²) in [5, 5.41) is 0. The van der Waals surface area contributed by atoms with E-state index in [9.17, 15) is 9.18 Å². The zero-order valence-corrected chi connectivity index (χ0v) is 7.41. The predicted molar refractivity (Wildman–Crippen MR) is 45.3 cm³/mol. The van der Waals surface area contributed by atoms with Gasteiger partial charge in [0.25, 0.3) is 0 Å². The fourth-order valence-corrected chi connectivity index (χ4v) is 0.916. The minimum Gasteiger partial charge on any atom is -0.228 e. The maximum absolute atomic E-state index is 12.4. The number of hydrogen-bond donors (Lipinski definition) is 0. The number of aromatic nitrogens is 1. The third-order valence-electron chi connectivity index (χ3n) is 1.76. The van der Waals surface area contributed by atoms with Crippen LogP contribution in [0.25, 0.3) is 0 Å². The minimum atomic E-state index is -0.692. The van der Waals surface area contributed by atoms with E-state index in [1.165, 1.54) is 18.3 Å². The van der Waals surface area contributed by atoms with Gasteiger partial charge in [-0.1, -0.05) is 6.07 Å². The van der Waals surface area contributed by atoms with Gasteiger partial charge in [-0.25, -0.2) is 9.78 Å². The average molecular weight is 180 g/mol. The molecule has 0 bridgehead atoms. The number of hydrogen-bond acceptors (Lipinski definition) is 3. The van der Waals surface area contributed by atoms with Crippen molar-refractivity contribution >= 4 is 6.08 Å². The van der Waals surface area contributed by atoms with E-state index in [1.807, 2.05) is 0 Å². The molecule has 0 aromatic carbocycles. The highest BCUT2D eigenvalue weighted by Crippen LogP contribution is 2.22. The number of rotatable bonds is 2. The molecule has 68 valence electrons. The van der Waals surface area contributed by atoms with Crippen molar-refractivity contribution in [2.24, 2.45) is 4.99 Å². The van der Waals surface area contributed by atoms with Gasteiger partial charge in [-0.2, -0.15) is 9.38 Å². The lowest BCUT2D eigenvalue weighted by Crippen LogP contribution is -2.13. The Morgan fingerprint density at radius 1 is 1.54 bits per heavy atom. The normalized spacial score (nSPS) is 10.7. The van der Waals surface area contributed by atoms with Gasteiger partial charge < -0.3 is 0 Å². The van der Waals surface area contributed by atoms with Crippen LogP contribution in [0, 0.1) is 5.95 Å². The van der Waals surface area contributed by atoms with Crippen molar-refractivity contribution in [1.29, 1.82) is 0 Å². The number of pyridine rings is 1. The van der Waals surface area contributed by atoms with Gasteiger partial charge >= 0.3 is 0 Å². The summed E-state index contributed by atoms with van der Waals surface area (Å²) < 4.78 is 12.4. The molecule has 0 fully saturated rings. The van der Waals surface area contributed by atoms with Crippen LogP contribution >= 0.6 is 0 Å². The van der Waals surface area contributed by atoms with E-state index in [-0.39, 0.29) is 0 Å². The summed E-state index contributed by atoms with van der Waals surface area (Å²) in [6.07, 6.45) is 2.83. The van der Waals surface area contributed by atoms with Crippen LogP contribution < -0.4 is 0 Å². The quantitative estimate of drug-likeness (QED) is 0.395. The van der Waals surface area contributed by atoms with Gasteiger partial charge in [0.05, 0.1) is 5.54 Å². The monoisotopic (exact) mass is 180 g/mol. The Morgan fingerprint density at radius 2 is 2.23 bits per heavy atom. The van der Waals surface area contributed by atoms with E-state index in [0.717, 1.165) is 0 Å². The van der Waals surface area contributed by atoms with E-state index in [4.69, 9.17) is 0 Å². The predicted octanol–water partition coefficient (Wildman–Crippen LogP) is 1.79. The smallest absolute Gasteiger partial charge is 0.228 e. The Bertz CT molecular complexity index is 339. The molecular formula is C9H9FN2O. The van der Waals surface area contributed by atoms with E-state index in [0.29, 0.717) is 5.56 Å². The summed E-state index contributed by atoms with van der Waals surface area (Å²) >= 11 is 0. The molecule has 1 aromatic rings. The summed E-state index contributed by atoms with van der Waals surface area (Å²) in [4.78, 5) is 17.1. The summed E-state index contributed by atoms with van der Waals surface area (Å²) in [7, 11) is 0. The van der Waals surface area contributed by atoms with Gasteiger partial charge in [0, 0.05) is 6.20 Å². The molecule has 1 aromatic heterocycles. The number of halogens is 1. The molecule has 0 aliphatic heterocycles. The first-order valence-corrected chi connectivity index (χ1v) is 3.77.